The Morgan fingerprint density at radius 1 is 1.00 bits per heavy atom. The van der Waals surface area contributed by atoms with Gasteiger partial charge in [0.2, 0.25) is 0 Å². The molecule has 0 atom stereocenters. The van der Waals surface area contributed by atoms with Gasteiger partial charge in [-0.15, -0.1) is 0 Å². The van der Waals surface area contributed by atoms with Crippen LogP contribution in [0.2, 0.25) is 0 Å². The zero-order valence-electron chi connectivity index (χ0n) is 9.04. The van der Waals surface area contributed by atoms with Gasteiger partial charge in [0, 0.05) is 8.95 Å². The molecule has 0 spiro atoms. The van der Waals surface area contributed by atoms with Gasteiger partial charge in [0.15, 0.2) is 6.29 Å². The van der Waals surface area contributed by atoms with Gasteiger partial charge in [-0.1, -0.05) is 28.1 Å². The Hall–Kier alpha value is -1.07. The van der Waals surface area contributed by atoms with Gasteiger partial charge in [0.1, 0.15) is 11.6 Å². The second-order valence-electron chi connectivity index (χ2n) is 3.19. The summed E-state index contributed by atoms with van der Waals surface area (Å²) in [6, 6.07) is 10.7. The first kappa shape index (κ1) is 15.0. The average Bonchev–Trinajstić information content (AvgIpc) is 2.29. The van der Waals surface area contributed by atoms with Crippen LogP contribution in [-0.2, 0) is 0 Å². The highest BCUT2D eigenvalue weighted by molar-refractivity contribution is 9.10. The van der Waals surface area contributed by atoms with Crippen LogP contribution in [0.4, 0.5) is 8.78 Å². The zero-order chi connectivity index (χ0) is 13.5. The van der Waals surface area contributed by atoms with Gasteiger partial charge in [0.05, 0.1) is 5.56 Å². The number of aldehydes is 1. The molecule has 0 bridgehead atoms. The molecular formula is C13H8Br2F2O. The van der Waals surface area contributed by atoms with Crippen LogP contribution in [0.1, 0.15) is 10.4 Å². The number of hydrogen-bond donors (Lipinski definition) is 0. The normalized spacial score (nSPS) is 9.33. The molecule has 18 heavy (non-hydrogen) atoms. The lowest BCUT2D eigenvalue weighted by atomic mass is 10.2. The lowest BCUT2D eigenvalue weighted by molar-refractivity contribution is 0.111. The first-order valence-electron chi connectivity index (χ1n) is 4.85. The number of carbonyl (C=O) groups is 1. The third kappa shape index (κ3) is 4.66. The van der Waals surface area contributed by atoms with Crippen LogP contribution < -0.4 is 0 Å². The maximum absolute atomic E-state index is 12.6. The van der Waals surface area contributed by atoms with E-state index >= 15 is 0 Å². The van der Waals surface area contributed by atoms with E-state index < -0.39 is 5.82 Å². The van der Waals surface area contributed by atoms with E-state index in [1.165, 1.54) is 24.3 Å². The summed E-state index contributed by atoms with van der Waals surface area (Å²) in [5.41, 5.74) is 0.0718. The average molecular weight is 378 g/mol. The zero-order valence-corrected chi connectivity index (χ0v) is 12.2. The topological polar surface area (TPSA) is 17.1 Å². The number of halogens is 4. The Balaban J connectivity index is 0.000000184. The van der Waals surface area contributed by atoms with Crippen molar-refractivity contribution in [1.82, 2.24) is 0 Å². The van der Waals surface area contributed by atoms with Gasteiger partial charge in [-0.3, -0.25) is 4.79 Å². The Morgan fingerprint density at radius 3 is 2.06 bits per heavy atom. The molecule has 0 unspecified atom stereocenters. The molecule has 1 nitrogen and oxygen atoms in total. The molecule has 0 saturated heterocycles. The number of hydrogen-bond acceptors (Lipinski definition) is 1. The maximum Gasteiger partial charge on any atom is 0.154 e. The molecule has 0 amide bonds. The summed E-state index contributed by atoms with van der Waals surface area (Å²) in [6.45, 7) is 0. The van der Waals surface area contributed by atoms with E-state index in [0.29, 0.717) is 10.8 Å². The van der Waals surface area contributed by atoms with E-state index in [2.05, 4.69) is 31.9 Å². The summed E-state index contributed by atoms with van der Waals surface area (Å²) >= 11 is 6.16. The molecule has 2 aromatic rings. The first-order valence-corrected chi connectivity index (χ1v) is 6.43. The minimum atomic E-state index is -0.496. The molecule has 0 heterocycles. The maximum atomic E-state index is 12.6. The first-order chi connectivity index (χ1) is 8.54. The van der Waals surface area contributed by atoms with Crippen LogP contribution in [-0.4, -0.2) is 6.29 Å². The van der Waals surface area contributed by atoms with Crippen molar-refractivity contribution < 1.29 is 13.6 Å². The molecule has 0 aliphatic heterocycles. The highest BCUT2D eigenvalue weighted by Crippen LogP contribution is 2.16. The van der Waals surface area contributed by atoms with Crippen LogP contribution in [0.5, 0.6) is 0 Å². The summed E-state index contributed by atoms with van der Waals surface area (Å²) in [7, 11) is 0. The summed E-state index contributed by atoms with van der Waals surface area (Å²) in [5, 5.41) is 0. The Bertz CT molecular complexity index is 507. The van der Waals surface area contributed by atoms with Gasteiger partial charge in [-0.2, -0.15) is 0 Å². The predicted octanol–water partition coefficient (Wildman–Crippen LogP) is 4.99. The van der Waals surface area contributed by atoms with Crippen LogP contribution in [0.3, 0.4) is 0 Å². The van der Waals surface area contributed by atoms with Crippen molar-refractivity contribution in [2.24, 2.45) is 0 Å². The van der Waals surface area contributed by atoms with Crippen molar-refractivity contribution in [3.8, 4) is 0 Å². The molecule has 0 aromatic heterocycles. The van der Waals surface area contributed by atoms with E-state index in [1.807, 2.05) is 0 Å². The molecule has 0 radical (unpaired) electrons. The molecule has 0 saturated carbocycles. The van der Waals surface area contributed by atoms with E-state index in [4.69, 9.17) is 0 Å². The van der Waals surface area contributed by atoms with Crippen molar-refractivity contribution in [3.63, 3.8) is 0 Å². The molecule has 2 aromatic carbocycles. The van der Waals surface area contributed by atoms with Gasteiger partial charge >= 0.3 is 0 Å². The standard InChI is InChI=1S/C7H4BrFO.C6H4BrF/c8-6-2-1-3-7(9)5(6)4-10;7-5-2-1-3-6(8)4-5/h1-4H;1-4H. The molecule has 2 rings (SSSR count). The smallest absolute Gasteiger partial charge is 0.154 e. The SMILES string of the molecule is Fc1cccc(Br)c1.O=Cc1c(F)cccc1Br. The lowest BCUT2D eigenvalue weighted by Gasteiger charge is -1.94. The van der Waals surface area contributed by atoms with E-state index in [1.54, 1.807) is 18.2 Å². The fourth-order valence-corrected chi connectivity index (χ4v) is 1.89. The quantitative estimate of drug-likeness (QED) is 0.640. The second-order valence-corrected chi connectivity index (χ2v) is 4.96. The van der Waals surface area contributed by atoms with E-state index in [0.717, 1.165) is 4.47 Å². The highest BCUT2D eigenvalue weighted by atomic mass is 79.9. The van der Waals surface area contributed by atoms with Crippen LogP contribution >= 0.6 is 31.9 Å². The predicted molar refractivity (Wildman–Crippen MR) is 73.6 cm³/mol. The number of benzene rings is 2. The highest BCUT2D eigenvalue weighted by Gasteiger charge is 2.02. The molecule has 94 valence electrons. The van der Waals surface area contributed by atoms with Crippen molar-refractivity contribution >= 4 is 38.1 Å². The van der Waals surface area contributed by atoms with Crippen molar-refractivity contribution in [2.75, 3.05) is 0 Å². The summed E-state index contributed by atoms with van der Waals surface area (Å²) in [5.74, 6) is -0.705. The fraction of sp³-hybridized carbons (Fsp3) is 0. The number of rotatable bonds is 1. The Morgan fingerprint density at radius 2 is 1.67 bits per heavy atom. The van der Waals surface area contributed by atoms with Gasteiger partial charge in [-0.25, -0.2) is 8.78 Å². The molecule has 0 aliphatic carbocycles. The second kappa shape index (κ2) is 7.38. The van der Waals surface area contributed by atoms with E-state index in [-0.39, 0.29) is 11.4 Å². The minimum absolute atomic E-state index is 0.0718. The monoisotopic (exact) mass is 376 g/mol. The van der Waals surface area contributed by atoms with E-state index in [9.17, 15) is 13.6 Å². The fourth-order valence-electron chi connectivity index (χ4n) is 1.08. The Kier molecular flexibility index (Phi) is 6.15. The van der Waals surface area contributed by atoms with Crippen molar-refractivity contribution in [1.29, 1.82) is 0 Å². The van der Waals surface area contributed by atoms with Gasteiger partial charge in [0.25, 0.3) is 0 Å². The van der Waals surface area contributed by atoms with Crippen molar-refractivity contribution in [3.05, 3.63) is 68.6 Å². The van der Waals surface area contributed by atoms with Crippen LogP contribution in [0, 0.1) is 11.6 Å². The molecule has 0 N–H and O–H groups in total. The molecule has 0 aliphatic rings. The van der Waals surface area contributed by atoms with Crippen molar-refractivity contribution in [2.45, 2.75) is 0 Å². The van der Waals surface area contributed by atoms with Gasteiger partial charge in [-0.05, 0) is 46.3 Å². The minimum Gasteiger partial charge on any atom is -0.298 e. The number of carbonyl (C=O) groups excluding carboxylic acids is 1. The third-order valence-electron chi connectivity index (χ3n) is 1.90. The van der Waals surface area contributed by atoms with Gasteiger partial charge < -0.3 is 0 Å². The van der Waals surface area contributed by atoms with Crippen LogP contribution in [0.15, 0.2) is 51.4 Å². The largest absolute Gasteiger partial charge is 0.298 e. The third-order valence-corrected chi connectivity index (χ3v) is 3.09. The summed E-state index contributed by atoms with van der Waals surface area (Å²) < 4.78 is 26.0. The Labute approximate surface area is 120 Å². The summed E-state index contributed by atoms with van der Waals surface area (Å²) in [4.78, 5) is 10.2. The van der Waals surface area contributed by atoms with Crippen LogP contribution in [0.25, 0.3) is 0 Å². The summed E-state index contributed by atoms with van der Waals surface area (Å²) in [6.07, 6.45) is 0.486. The lowest BCUT2D eigenvalue weighted by Crippen LogP contribution is -1.87. The molecular weight excluding hydrogens is 370 g/mol. The molecule has 0 fully saturated rings. The molecule has 5 heteroatoms.